The predicted octanol–water partition coefficient (Wildman–Crippen LogP) is -5.64. The Balaban J connectivity index is 0.000000951. The van der Waals surface area contributed by atoms with Crippen molar-refractivity contribution in [3.8, 4) is 0 Å². The molecule has 0 radical (unpaired) electrons. The molecule has 0 amide bonds. The summed E-state index contributed by atoms with van der Waals surface area (Å²) in [6.07, 6.45) is -0.301. The number of fused-ring (bicyclic) bond motifs is 1. The molecular formula is C17H22K2N2O4S. The number of hydrogen-bond donors (Lipinski definition) is 1. The van der Waals surface area contributed by atoms with Crippen LogP contribution in [0.1, 0.15) is 12.8 Å². The zero-order valence-electron chi connectivity index (χ0n) is 15.5. The molecule has 1 aromatic heterocycles. The zero-order chi connectivity index (χ0) is 17.4. The molecule has 132 valence electrons. The maximum atomic E-state index is 8.84. The molecule has 26 heavy (non-hydrogen) atoms. The number of piperazine rings is 1. The van der Waals surface area contributed by atoms with Gasteiger partial charge in [0.2, 0.25) is 0 Å². The third-order valence-electron chi connectivity index (χ3n) is 4.07. The van der Waals surface area contributed by atoms with Gasteiger partial charge in [0.25, 0.3) is 0 Å². The van der Waals surface area contributed by atoms with E-state index in [1.54, 1.807) is 0 Å². The van der Waals surface area contributed by atoms with Crippen LogP contribution in [0.5, 0.6) is 0 Å². The van der Waals surface area contributed by atoms with Gasteiger partial charge < -0.3 is 25.0 Å². The van der Waals surface area contributed by atoms with Crippen molar-refractivity contribution in [2.45, 2.75) is 12.8 Å². The van der Waals surface area contributed by atoms with Crippen molar-refractivity contribution in [2.75, 3.05) is 44.2 Å². The third-order valence-corrected chi connectivity index (χ3v) is 4.95. The first-order valence-corrected chi connectivity index (χ1v) is 8.92. The average Bonchev–Trinajstić information content (AvgIpc) is 3.04. The van der Waals surface area contributed by atoms with Gasteiger partial charge in [0.1, 0.15) is 0 Å². The van der Waals surface area contributed by atoms with E-state index in [1.165, 1.54) is 15.8 Å². The van der Waals surface area contributed by atoms with Crippen LogP contribution >= 0.6 is 11.3 Å². The van der Waals surface area contributed by atoms with E-state index in [0.717, 1.165) is 45.6 Å². The molecule has 1 aliphatic rings. The van der Waals surface area contributed by atoms with Gasteiger partial charge in [-0.3, -0.25) is 4.90 Å². The van der Waals surface area contributed by atoms with E-state index in [1.807, 2.05) is 11.3 Å². The Bertz CT molecular complexity index is 644. The molecular weight excluding hydrogens is 406 g/mol. The van der Waals surface area contributed by atoms with Gasteiger partial charge in [0, 0.05) is 48.6 Å². The van der Waals surface area contributed by atoms with Crippen LogP contribution in [-0.2, 0) is 0 Å². The fourth-order valence-corrected chi connectivity index (χ4v) is 3.72. The molecule has 1 fully saturated rings. The number of nitrogens with zero attached hydrogens (tertiary/aromatic N) is 2. The van der Waals surface area contributed by atoms with Crippen LogP contribution in [0, 0.1) is 0 Å². The second-order valence-electron chi connectivity index (χ2n) is 5.62. The molecule has 0 saturated carbocycles. The number of aliphatic hydroxyl groups excluding tert-OH is 1. The van der Waals surface area contributed by atoms with Crippen molar-refractivity contribution in [2.24, 2.45) is 0 Å². The standard InChI is InChI=1S/C16H22N2OS.CH2O3.2K/c19-12-2-1-7-17-8-10-18(11-9-17)15-4-3-5-16-14(15)6-13-20-16;2-1(3)4;;/h3-6,13,19H,1-2,7-12H2;(H2,2,3,4);;/q;;2*+1/p-2. The summed E-state index contributed by atoms with van der Waals surface area (Å²) >= 11 is 1.82. The molecule has 0 bridgehead atoms. The number of rotatable bonds is 5. The molecule has 1 saturated heterocycles. The first-order chi connectivity index (χ1) is 11.6. The minimum Gasteiger partial charge on any atom is -0.652 e. The van der Waals surface area contributed by atoms with E-state index in [4.69, 9.17) is 20.1 Å². The summed E-state index contributed by atoms with van der Waals surface area (Å²) in [7, 11) is 0. The minimum atomic E-state index is -2.33. The van der Waals surface area contributed by atoms with E-state index in [2.05, 4.69) is 39.4 Å². The van der Waals surface area contributed by atoms with Crippen molar-refractivity contribution in [1.82, 2.24) is 4.90 Å². The summed E-state index contributed by atoms with van der Waals surface area (Å²) < 4.78 is 1.38. The number of carbonyl (C=O) groups excluding carboxylic acids is 1. The fourth-order valence-electron chi connectivity index (χ4n) is 2.91. The molecule has 0 unspecified atom stereocenters. The second-order valence-corrected chi connectivity index (χ2v) is 6.57. The number of hydrogen-bond acceptors (Lipinski definition) is 7. The van der Waals surface area contributed by atoms with E-state index in [9.17, 15) is 0 Å². The van der Waals surface area contributed by atoms with Crippen LogP contribution in [0.25, 0.3) is 10.1 Å². The monoisotopic (exact) mass is 428 g/mol. The summed E-state index contributed by atoms with van der Waals surface area (Å²) in [4.78, 5) is 13.4. The molecule has 2 aromatic rings. The van der Waals surface area contributed by atoms with Crippen LogP contribution in [0.2, 0.25) is 0 Å². The van der Waals surface area contributed by atoms with Crippen LogP contribution in [0.4, 0.5) is 10.5 Å². The number of unbranched alkanes of at least 4 members (excludes halogenated alkanes) is 1. The fraction of sp³-hybridized carbons (Fsp3) is 0.471. The van der Waals surface area contributed by atoms with E-state index < -0.39 is 6.16 Å². The smallest absolute Gasteiger partial charge is 0.652 e. The van der Waals surface area contributed by atoms with Gasteiger partial charge in [-0.1, -0.05) is 6.07 Å². The van der Waals surface area contributed by atoms with Crippen molar-refractivity contribution >= 4 is 33.3 Å². The predicted molar refractivity (Wildman–Crippen MR) is 92.2 cm³/mol. The molecule has 0 spiro atoms. The summed E-state index contributed by atoms with van der Waals surface area (Å²) in [5.41, 5.74) is 1.39. The quantitative estimate of drug-likeness (QED) is 0.377. The Morgan fingerprint density at radius 3 is 2.35 bits per heavy atom. The number of thiophene rings is 1. The maximum absolute atomic E-state index is 8.84. The first-order valence-electron chi connectivity index (χ1n) is 8.04. The van der Waals surface area contributed by atoms with Crippen LogP contribution in [-0.4, -0.2) is 55.5 Å². The Kier molecular flexibility index (Phi) is 16.2. The van der Waals surface area contributed by atoms with E-state index in [0.29, 0.717) is 6.61 Å². The van der Waals surface area contributed by atoms with Crippen LogP contribution in [0.15, 0.2) is 29.6 Å². The van der Waals surface area contributed by atoms with Gasteiger partial charge in [0.05, 0.1) is 0 Å². The second kappa shape index (κ2) is 15.3. The topological polar surface area (TPSA) is 89.9 Å². The Hall–Kier alpha value is 1.44. The summed E-state index contributed by atoms with van der Waals surface area (Å²) in [6, 6.07) is 8.86. The Morgan fingerprint density at radius 1 is 1.08 bits per heavy atom. The van der Waals surface area contributed by atoms with Gasteiger partial charge in [-0.25, -0.2) is 0 Å². The van der Waals surface area contributed by atoms with Crippen LogP contribution in [0.3, 0.4) is 0 Å². The van der Waals surface area contributed by atoms with Gasteiger partial charge >= 0.3 is 103 Å². The molecule has 0 atom stereocenters. The van der Waals surface area contributed by atoms with Gasteiger partial charge in [0.15, 0.2) is 0 Å². The van der Waals surface area contributed by atoms with Crippen molar-refractivity contribution in [3.63, 3.8) is 0 Å². The van der Waals surface area contributed by atoms with Gasteiger partial charge in [-0.05, 0) is 49.1 Å². The van der Waals surface area contributed by atoms with Crippen molar-refractivity contribution < 1.29 is 123 Å². The molecule has 9 heteroatoms. The van der Waals surface area contributed by atoms with Crippen molar-refractivity contribution in [3.05, 3.63) is 29.6 Å². The number of carboxylic acid groups (broad SMARTS) is 2. The zero-order valence-corrected chi connectivity index (χ0v) is 22.6. The number of benzene rings is 1. The molecule has 0 aliphatic carbocycles. The van der Waals surface area contributed by atoms with Crippen molar-refractivity contribution in [1.29, 1.82) is 0 Å². The average molecular weight is 429 g/mol. The largest absolute Gasteiger partial charge is 1.00 e. The minimum absolute atomic E-state index is 0. The molecule has 1 aliphatic heterocycles. The Morgan fingerprint density at radius 2 is 1.73 bits per heavy atom. The molecule has 6 nitrogen and oxygen atoms in total. The number of aliphatic hydroxyl groups is 1. The first kappa shape index (κ1) is 27.4. The third kappa shape index (κ3) is 9.29. The normalized spacial score (nSPS) is 14.0. The van der Waals surface area contributed by atoms with E-state index in [-0.39, 0.29) is 103 Å². The number of anilines is 1. The summed E-state index contributed by atoms with van der Waals surface area (Å²) in [5, 5.41) is 29.1. The van der Waals surface area contributed by atoms with Gasteiger partial charge in [-0.15, -0.1) is 11.3 Å². The summed E-state index contributed by atoms with van der Waals surface area (Å²) in [5.74, 6) is 0. The molecule has 1 N–H and O–H groups in total. The Labute approximate surface area is 243 Å². The van der Waals surface area contributed by atoms with Crippen LogP contribution < -0.4 is 118 Å². The van der Waals surface area contributed by atoms with E-state index >= 15 is 0 Å². The number of carbonyl (C=O) groups is 1. The SMILES string of the molecule is O=C([O-])[O-].OCCCCN1CCN(c2cccc3sccc23)CC1.[K+].[K+]. The summed E-state index contributed by atoms with van der Waals surface area (Å²) in [6.45, 7) is 5.91. The molecule has 1 aromatic carbocycles. The molecule has 2 heterocycles. The maximum Gasteiger partial charge on any atom is 1.00 e. The van der Waals surface area contributed by atoms with Gasteiger partial charge in [-0.2, -0.15) is 0 Å². The molecule has 3 rings (SSSR count).